The Hall–Kier alpha value is -2.40. The highest BCUT2D eigenvalue weighted by Crippen LogP contribution is 2.32. The van der Waals surface area contributed by atoms with E-state index in [-0.39, 0.29) is 0 Å². The van der Waals surface area contributed by atoms with E-state index in [1.165, 1.54) is 12.1 Å². The van der Waals surface area contributed by atoms with E-state index in [4.69, 9.17) is 4.42 Å². The Morgan fingerprint density at radius 1 is 1.23 bits per heavy atom. The highest BCUT2D eigenvalue weighted by atomic mass is 16.3. The minimum Gasteiger partial charge on any atom is -0.444 e. The van der Waals surface area contributed by atoms with Crippen molar-refractivity contribution in [1.82, 2.24) is 20.1 Å². The molecule has 5 heteroatoms. The van der Waals surface area contributed by atoms with Gasteiger partial charge in [-0.25, -0.2) is 4.98 Å². The molecule has 0 saturated carbocycles. The first kappa shape index (κ1) is 13.3. The van der Waals surface area contributed by atoms with Gasteiger partial charge < -0.3 is 4.42 Å². The molecule has 1 unspecified atom stereocenters. The Labute approximate surface area is 129 Å². The van der Waals surface area contributed by atoms with Crippen molar-refractivity contribution in [3.05, 3.63) is 60.2 Å². The van der Waals surface area contributed by atoms with E-state index < -0.39 is 0 Å². The molecule has 0 spiro atoms. The zero-order chi connectivity index (χ0) is 14.8. The fourth-order valence-electron chi connectivity index (χ4n) is 3.12. The molecule has 3 aromatic rings. The van der Waals surface area contributed by atoms with E-state index in [0.29, 0.717) is 11.9 Å². The summed E-state index contributed by atoms with van der Waals surface area (Å²) in [5.74, 6) is 0.688. The number of aromatic nitrogens is 3. The quantitative estimate of drug-likeness (QED) is 0.801. The van der Waals surface area contributed by atoms with E-state index in [2.05, 4.69) is 26.1 Å². The number of H-pyrrole nitrogens is 1. The maximum absolute atomic E-state index is 5.63. The van der Waals surface area contributed by atoms with Gasteiger partial charge in [-0.2, -0.15) is 5.10 Å². The highest BCUT2D eigenvalue weighted by molar-refractivity contribution is 5.52. The van der Waals surface area contributed by atoms with Gasteiger partial charge in [0.2, 0.25) is 5.89 Å². The predicted octanol–water partition coefficient (Wildman–Crippen LogP) is 3.40. The van der Waals surface area contributed by atoms with Gasteiger partial charge in [0, 0.05) is 18.3 Å². The second-order valence-corrected chi connectivity index (χ2v) is 5.65. The van der Waals surface area contributed by atoms with Gasteiger partial charge in [-0.15, -0.1) is 0 Å². The van der Waals surface area contributed by atoms with E-state index in [1.807, 2.05) is 36.5 Å². The molecule has 22 heavy (non-hydrogen) atoms. The summed E-state index contributed by atoms with van der Waals surface area (Å²) in [7, 11) is 0. The Morgan fingerprint density at radius 2 is 2.14 bits per heavy atom. The van der Waals surface area contributed by atoms with Crippen LogP contribution >= 0.6 is 0 Å². The summed E-state index contributed by atoms with van der Waals surface area (Å²) >= 11 is 0. The first-order valence-corrected chi connectivity index (χ1v) is 7.63. The smallest absolute Gasteiger partial charge is 0.226 e. The Bertz CT molecular complexity index is 720. The molecule has 1 atom stereocenters. The Kier molecular flexibility index (Phi) is 3.48. The van der Waals surface area contributed by atoms with Crippen molar-refractivity contribution in [2.75, 3.05) is 6.54 Å². The molecular weight excluding hydrogens is 276 g/mol. The lowest BCUT2D eigenvalue weighted by Crippen LogP contribution is -2.23. The van der Waals surface area contributed by atoms with Gasteiger partial charge in [0.25, 0.3) is 0 Å². The number of hydrogen-bond acceptors (Lipinski definition) is 4. The highest BCUT2D eigenvalue weighted by Gasteiger charge is 2.27. The Balaban J connectivity index is 1.51. The fraction of sp³-hybridized carbons (Fsp3) is 0.294. The number of aromatic amines is 1. The lowest BCUT2D eigenvalue weighted by atomic mass is 10.1. The van der Waals surface area contributed by atoms with E-state index in [1.54, 1.807) is 6.26 Å². The first-order valence-electron chi connectivity index (χ1n) is 7.63. The van der Waals surface area contributed by atoms with Gasteiger partial charge in [0.05, 0.1) is 17.4 Å². The second kappa shape index (κ2) is 5.77. The zero-order valence-corrected chi connectivity index (χ0v) is 12.3. The van der Waals surface area contributed by atoms with Crippen molar-refractivity contribution in [3.63, 3.8) is 0 Å². The number of nitrogens with zero attached hydrogens (tertiary/aromatic N) is 3. The lowest BCUT2D eigenvalue weighted by Gasteiger charge is -2.21. The molecule has 1 saturated heterocycles. The standard InChI is InChI=1S/C17H18N4O/c1-2-5-13(6-3-1)17-19-14(12-22-17)11-21-10-4-7-16(21)15-8-9-18-20-15/h1-3,5-6,8-9,12,16H,4,7,10-11H2,(H,18,20). The largest absolute Gasteiger partial charge is 0.444 e. The van der Waals surface area contributed by atoms with Crippen molar-refractivity contribution in [2.24, 2.45) is 0 Å². The third-order valence-corrected chi connectivity index (χ3v) is 4.18. The minimum absolute atomic E-state index is 0.402. The summed E-state index contributed by atoms with van der Waals surface area (Å²) in [4.78, 5) is 7.06. The number of rotatable bonds is 4. The molecule has 0 bridgehead atoms. The summed E-state index contributed by atoms with van der Waals surface area (Å²) in [6, 6.07) is 12.5. The summed E-state index contributed by atoms with van der Waals surface area (Å²) in [6.07, 6.45) is 5.94. The first-order chi connectivity index (χ1) is 10.9. The van der Waals surface area contributed by atoms with Gasteiger partial charge in [-0.3, -0.25) is 10.00 Å². The van der Waals surface area contributed by atoms with Crippen LogP contribution in [-0.4, -0.2) is 26.6 Å². The molecule has 1 aliphatic heterocycles. The molecule has 4 rings (SSSR count). The molecule has 112 valence electrons. The third kappa shape index (κ3) is 2.55. The summed E-state index contributed by atoms with van der Waals surface area (Å²) in [6.45, 7) is 1.89. The number of likely N-dealkylation sites (tertiary alicyclic amines) is 1. The van der Waals surface area contributed by atoms with Crippen LogP contribution in [0.2, 0.25) is 0 Å². The van der Waals surface area contributed by atoms with Crippen LogP contribution in [0.3, 0.4) is 0 Å². The molecule has 1 fully saturated rings. The minimum atomic E-state index is 0.402. The molecular formula is C17H18N4O. The van der Waals surface area contributed by atoms with E-state index in [0.717, 1.165) is 30.8 Å². The van der Waals surface area contributed by atoms with Crippen LogP contribution in [0, 0.1) is 0 Å². The van der Waals surface area contributed by atoms with Gasteiger partial charge in [0.15, 0.2) is 0 Å². The van der Waals surface area contributed by atoms with Crippen LogP contribution in [0.15, 0.2) is 53.3 Å². The van der Waals surface area contributed by atoms with Crippen LogP contribution in [0.4, 0.5) is 0 Å². The number of oxazole rings is 1. The van der Waals surface area contributed by atoms with Gasteiger partial charge in [-0.05, 0) is 37.6 Å². The number of nitrogens with one attached hydrogen (secondary N) is 1. The van der Waals surface area contributed by atoms with E-state index in [9.17, 15) is 0 Å². The summed E-state index contributed by atoms with van der Waals surface area (Å²) in [5.41, 5.74) is 3.18. The van der Waals surface area contributed by atoms with E-state index >= 15 is 0 Å². The van der Waals surface area contributed by atoms with Crippen LogP contribution in [0.1, 0.15) is 30.3 Å². The molecule has 3 heterocycles. The molecule has 1 N–H and O–H groups in total. The molecule has 5 nitrogen and oxygen atoms in total. The summed E-state index contributed by atoms with van der Waals surface area (Å²) in [5, 5.41) is 7.16. The molecule has 2 aromatic heterocycles. The average Bonchev–Trinajstić information content (AvgIpc) is 3.30. The maximum Gasteiger partial charge on any atom is 0.226 e. The number of hydrogen-bond donors (Lipinski definition) is 1. The van der Waals surface area contributed by atoms with Crippen LogP contribution in [0.5, 0.6) is 0 Å². The van der Waals surface area contributed by atoms with Gasteiger partial charge >= 0.3 is 0 Å². The molecule has 1 aromatic carbocycles. The topological polar surface area (TPSA) is 58.0 Å². The van der Waals surface area contributed by atoms with Crippen molar-refractivity contribution in [3.8, 4) is 11.5 Å². The number of benzene rings is 1. The van der Waals surface area contributed by atoms with Crippen molar-refractivity contribution in [2.45, 2.75) is 25.4 Å². The Morgan fingerprint density at radius 3 is 2.95 bits per heavy atom. The predicted molar refractivity (Wildman–Crippen MR) is 82.9 cm³/mol. The second-order valence-electron chi connectivity index (χ2n) is 5.65. The maximum atomic E-state index is 5.63. The monoisotopic (exact) mass is 294 g/mol. The fourth-order valence-corrected chi connectivity index (χ4v) is 3.12. The zero-order valence-electron chi connectivity index (χ0n) is 12.3. The van der Waals surface area contributed by atoms with Crippen molar-refractivity contribution >= 4 is 0 Å². The SMILES string of the molecule is c1ccc(-c2nc(CN3CCCC3c3ccn[nH]3)co2)cc1. The van der Waals surface area contributed by atoms with Crippen molar-refractivity contribution < 1.29 is 4.42 Å². The van der Waals surface area contributed by atoms with Gasteiger partial charge in [-0.1, -0.05) is 18.2 Å². The average molecular weight is 294 g/mol. The van der Waals surface area contributed by atoms with Crippen LogP contribution in [-0.2, 0) is 6.54 Å². The molecule has 0 amide bonds. The van der Waals surface area contributed by atoms with Gasteiger partial charge in [0.1, 0.15) is 6.26 Å². The van der Waals surface area contributed by atoms with Crippen molar-refractivity contribution in [1.29, 1.82) is 0 Å². The molecule has 0 aliphatic carbocycles. The molecule has 0 radical (unpaired) electrons. The lowest BCUT2D eigenvalue weighted by molar-refractivity contribution is 0.241. The summed E-state index contributed by atoms with van der Waals surface area (Å²) < 4.78 is 5.63. The normalized spacial score (nSPS) is 18.8. The third-order valence-electron chi connectivity index (χ3n) is 4.18. The van der Waals surface area contributed by atoms with Crippen LogP contribution < -0.4 is 0 Å². The van der Waals surface area contributed by atoms with Crippen LogP contribution in [0.25, 0.3) is 11.5 Å². The molecule has 1 aliphatic rings.